The fourth-order valence-corrected chi connectivity index (χ4v) is 5.66. The zero-order valence-corrected chi connectivity index (χ0v) is 19.8. The number of quaternary nitrogens is 1. The van der Waals surface area contributed by atoms with E-state index in [9.17, 15) is 39.6 Å². The van der Waals surface area contributed by atoms with Crippen LogP contribution in [-0.4, -0.2) is 54.7 Å². The highest BCUT2D eigenvalue weighted by Gasteiger charge is 2.54. The number of alkyl halides is 6. The van der Waals surface area contributed by atoms with E-state index < -0.39 is 44.0 Å². The third-order valence-corrected chi connectivity index (χ3v) is 9.06. The van der Waals surface area contributed by atoms with E-state index in [1.165, 1.54) is 6.07 Å². The summed E-state index contributed by atoms with van der Waals surface area (Å²) in [4.78, 5) is 22.6. The minimum Gasteiger partial charge on any atom is -0.542 e. The number of benzene rings is 1. The van der Waals surface area contributed by atoms with Crippen LogP contribution in [0.5, 0.6) is 0 Å². The number of sulfone groups is 1. The largest absolute Gasteiger partial charge is 0.542 e. The van der Waals surface area contributed by atoms with Gasteiger partial charge in [-0.3, -0.25) is 4.79 Å². The van der Waals surface area contributed by atoms with Gasteiger partial charge in [-0.15, -0.1) is 0 Å². The molecule has 1 saturated heterocycles. The van der Waals surface area contributed by atoms with E-state index in [-0.39, 0.29) is 16.7 Å². The topological polar surface area (TPSA) is 122 Å². The molecule has 3 rings (SSSR count). The molecule has 7 nitrogen and oxygen atoms in total. The van der Waals surface area contributed by atoms with Gasteiger partial charge in [-0.1, -0.05) is 6.07 Å². The number of carbonyl (C=O) groups excluding carboxylic acids is 2. The van der Waals surface area contributed by atoms with Crippen molar-refractivity contribution in [3.8, 4) is 0 Å². The molecule has 35 heavy (non-hydrogen) atoms. The summed E-state index contributed by atoms with van der Waals surface area (Å²) in [7, 11) is -3.99. The first-order valence-electron chi connectivity index (χ1n) is 10.6. The molecule has 1 amide bonds. The summed E-state index contributed by atoms with van der Waals surface area (Å²) >= 11 is 0. The van der Waals surface area contributed by atoms with Gasteiger partial charge in [0.2, 0.25) is 0 Å². The average Bonchev–Trinajstić information content (AvgIpc) is 3.51. The summed E-state index contributed by atoms with van der Waals surface area (Å²) in [5, 5.41) is 8.78. The molecule has 1 saturated carbocycles. The van der Waals surface area contributed by atoms with E-state index in [0.29, 0.717) is 32.0 Å². The van der Waals surface area contributed by atoms with E-state index in [1.54, 1.807) is 18.7 Å². The van der Waals surface area contributed by atoms with Gasteiger partial charge in [-0.25, -0.2) is 8.42 Å². The standard InChI is InChI=1S/C19H25F3N2O3S.C2HF3O2/c1-17(2,13-6-10-24(11-7-13)16(25)18(23)8-9-18)28(26,27)15-5-3-4-14(12-15)19(20,21)22;3-2(4,5)1(6)7/h3-5,12-13H,6-11,23H2,1-2H3;(H,6,7). The number of amides is 1. The summed E-state index contributed by atoms with van der Waals surface area (Å²) in [5.41, 5.74) is 2.47. The third-order valence-electron chi connectivity index (χ3n) is 6.47. The fraction of sp³-hybridized carbons (Fsp3) is 0.619. The molecule has 1 aliphatic carbocycles. The number of hydrogen-bond donors (Lipinski definition) is 1. The van der Waals surface area contributed by atoms with Crippen molar-refractivity contribution in [1.29, 1.82) is 0 Å². The monoisotopic (exact) mass is 532 g/mol. The Morgan fingerprint density at radius 3 is 1.94 bits per heavy atom. The molecule has 1 heterocycles. The smallest absolute Gasteiger partial charge is 0.430 e. The number of rotatable bonds is 4. The fourth-order valence-electron chi connectivity index (χ4n) is 3.84. The van der Waals surface area contributed by atoms with E-state index in [2.05, 4.69) is 5.73 Å². The molecule has 14 heteroatoms. The lowest BCUT2D eigenvalue weighted by Crippen LogP contribution is -2.71. The lowest BCUT2D eigenvalue weighted by Gasteiger charge is -2.40. The minimum absolute atomic E-state index is 0.0180. The number of piperidine rings is 1. The maximum absolute atomic E-state index is 13.2. The second kappa shape index (κ2) is 9.60. The number of likely N-dealkylation sites (tertiary alicyclic amines) is 1. The van der Waals surface area contributed by atoms with Crippen LogP contribution in [0, 0.1) is 5.92 Å². The SMILES string of the molecule is CC(C)(C1CCN(C(=O)C2([NH3+])CC2)CC1)S(=O)(=O)c1cccc(C(F)(F)F)c1.O=C([O-])C(F)(F)F. The Morgan fingerprint density at radius 1 is 1.06 bits per heavy atom. The van der Waals surface area contributed by atoms with Gasteiger partial charge in [0.25, 0.3) is 5.91 Å². The molecule has 2 fully saturated rings. The van der Waals surface area contributed by atoms with Crippen molar-refractivity contribution in [1.82, 2.24) is 4.90 Å². The zero-order chi connectivity index (χ0) is 27.0. The number of aliphatic carboxylic acids is 1. The summed E-state index contributed by atoms with van der Waals surface area (Å²) in [6.07, 6.45) is -7.25. The first kappa shape index (κ1) is 28.9. The lowest BCUT2D eigenvalue weighted by atomic mass is 9.85. The van der Waals surface area contributed by atoms with Gasteiger partial charge < -0.3 is 20.5 Å². The van der Waals surface area contributed by atoms with E-state index in [0.717, 1.165) is 25.0 Å². The van der Waals surface area contributed by atoms with Crippen LogP contribution in [0.2, 0.25) is 0 Å². The van der Waals surface area contributed by atoms with E-state index >= 15 is 0 Å². The van der Waals surface area contributed by atoms with Gasteiger partial charge >= 0.3 is 12.4 Å². The number of hydrogen-bond acceptors (Lipinski definition) is 5. The Hall–Kier alpha value is -2.35. The molecule has 1 aromatic rings. The molecule has 1 aromatic carbocycles. The number of carboxylic acids is 1. The minimum atomic E-state index is -5.19. The molecular weight excluding hydrogens is 506 g/mol. The van der Waals surface area contributed by atoms with Gasteiger partial charge in [0.1, 0.15) is 5.97 Å². The second-order valence-electron chi connectivity index (χ2n) is 9.26. The number of halogens is 6. The molecule has 0 radical (unpaired) electrons. The summed E-state index contributed by atoms with van der Waals surface area (Å²) in [6.45, 7) is 4.02. The maximum Gasteiger partial charge on any atom is 0.430 e. The first-order valence-corrected chi connectivity index (χ1v) is 12.1. The van der Waals surface area contributed by atoms with Crippen LogP contribution in [0.3, 0.4) is 0 Å². The first-order chi connectivity index (χ1) is 15.7. The molecule has 0 atom stereocenters. The molecule has 0 bridgehead atoms. The molecule has 3 N–H and O–H groups in total. The Balaban J connectivity index is 0.000000540. The van der Waals surface area contributed by atoms with Gasteiger partial charge in [-0.05, 0) is 50.8 Å². The van der Waals surface area contributed by atoms with Crippen LogP contribution >= 0.6 is 0 Å². The molecule has 1 aliphatic heterocycles. The number of carboxylic acid groups (broad SMARTS) is 1. The van der Waals surface area contributed by atoms with Crippen LogP contribution in [0.15, 0.2) is 29.2 Å². The van der Waals surface area contributed by atoms with E-state index in [1.807, 2.05) is 0 Å². The summed E-state index contributed by atoms with van der Waals surface area (Å²) in [5.74, 6) is -3.24. The van der Waals surface area contributed by atoms with Crippen molar-refractivity contribution < 1.29 is 55.2 Å². The van der Waals surface area contributed by atoms with Gasteiger partial charge in [0, 0.05) is 25.9 Å². The maximum atomic E-state index is 13.2. The highest BCUT2D eigenvalue weighted by molar-refractivity contribution is 7.92. The van der Waals surface area contributed by atoms with Gasteiger partial charge in [0.05, 0.1) is 15.2 Å². The Labute approximate surface area is 198 Å². The highest BCUT2D eigenvalue weighted by atomic mass is 32.2. The van der Waals surface area contributed by atoms with Crippen molar-refractivity contribution in [3.05, 3.63) is 29.8 Å². The van der Waals surface area contributed by atoms with Gasteiger partial charge in [0.15, 0.2) is 15.4 Å². The predicted octanol–water partition coefficient (Wildman–Crippen LogP) is 1.57. The summed E-state index contributed by atoms with van der Waals surface area (Å²) < 4.78 is 95.6. The number of nitrogens with zero attached hydrogens (tertiary/aromatic N) is 1. The van der Waals surface area contributed by atoms with Crippen molar-refractivity contribution in [3.63, 3.8) is 0 Å². The molecular formula is C21H26F6N2O5S. The van der Waals surface area contributed by atoms with Gasteiger partial charge in [-0.2, -0.15) is 26.3 Å². The quantitative estimate of drug-likeness (QED) is 0.590. The molecule has 198 valence electrons. The lowest BCUT2D eigenvalue weighted by molar-refractivity contribution is -0.422. The van der Waals surface area contributed by atoms with Crippen molar-refractivity contribution in [2.75, 3.05) is 13.1 Å². The number of carbonyl (C=O) groups is 2. The van der Waals surface area contributed by atoms with Crippen molar-refractivity contribution in [2.24, 2.45) is 5.92 Å². The Kier molecular flexibility index (Phi) is 7.92. The summed E-state index contributed by atoms with van der Waals surface area (Å²) in [6, 6.07) is 3.90. The molecule has 0 unspecified atom stereocenters. The van der Waals surface area contributed by atoms with Crippen LogP contribution in [0.4, 0.5) is 26.3 Å². The normalized spacial score (nSPS) is 18.9. The molecule has 0 spiro atoms. The van der Waals surface area contributed by atoms with Crippen molar-refractivity contribution >= 4 is 21.7 Å². The van der Waals surface area contributed by atoms with Crippen LogP contribution < -0.4 is 10.8 Å². The third kappa shape index (κ3) is 6.46. The van der Waals surface area contributed by atoms with Crippen LogP contribution in [-0.2, 0) is 25.6 Å². The molecule has 2 aliphatic rings. The predicted molar refractivity (Wildman–Crippen MR) is 108 cm³/mol. The van der Waals surface area contributed by atoms with Crippen molar-refractivity contribution in [2.45, 2.75) is 67.1 Å². The van der Waals surface area contributed by atoms with Crippen LogP contribution in [0.1, 0.15) is 45.1 Å². The Bertz CT molecular complexity index is 1060. The average molecular weight is 533 g/mol. The van der Waals surface area contributed by atoms with Crippen LogP contribution in [0.25, 0.3) is 0 Å². The second-order valence-corrected chi connectivity index (χ2v) is 11.8. The Morgan fingerprint density at radius 2 is 1.54 bits per heavy atom. The zero-order valence-electron chi connectivity index (χ0n) is 19.0. The van der Waals surface area contributed by atoms with E-state index in [4.69, 9.17) is 9.90 Å². The molecule has 0 aromatic heterocycles. The highest BCUT2D eigenvalue weighted by Crippen LogP contribution is 2.40.